The van der Waals surface area contributed by atoms with Crippen molar-refractivity contribution in [3.63, 3.8) is 0 Å². The largest absolute Gasteiger partial charge is 0.330 e. The van der Waals surface area contributed by atoms with Crippen LogP contribution in [0.15, 0.2) is 52.6 Å². The van der Waals surface area contributed by atoms with Gasteiger partial charge >= 0.3 is 0 Å². The quantitative estimate of drug-likeness (QED) is 0.846. The maximum Gasteiger partial charge on any atom is 0.259 e. The lowest BCUT2D eigenvalue weighted by Crippen LogP contribution is -2.37. The summed E-state index contributed by atoms with van der Waals surface area (Å²) in [5, 5.41) is 2.70. The van der Waals surface area contributed by atoms with Crippen LogP contribution in [0.25, 0.3) is 11.0 Å². The highest BCUT2D eigenvalue weighted by molar-refractivity contribution is 7.90. The number of rotatable bonds is 2. The number of carbonyl (C=O) groups excluding carboxylic acids is 1. The van der Waals surface area contributed by atoms with E-state index in [1.807, 2.05) is 24.3 Å². The first-order chi connectivity index (χ1) is 11.5. The Hall–Kier alpha value is -2.94. The average molecular weight is 343 g/mol. The van der Waals surface area contributed by atoms with Crippen LogP contribution in [-0.2, 0) is 14.8 Å². The molecular weight excluding hydrogens is 330 g/mol. The van der Waals surface area contributed by atoms with Gasteiger partial charge in [-0.15, -0.1) is 4.40 Å². The molecule has 4 rings (SSSR count). The predicted octanol–water partition coefficient (Wildman–Crippen LogP) is 0.999. The normalized spacial score (nSPS) is 18.8. The number of nitrogens with one attached hydrogen (secondary N) is 2. The molecule has 2 aliphatic heterocycles. The van der Waals surface area contributed by atoms with Crippen LogP contribution in [0.2, 0.25) is 0 Å². The summed E-state index contributed by atoms with van der Waals surface area (Å²) >= 11 is 0. The molecule has 122 valence electrons. The van der Waals surface area contributed by atoms with E-state index in [9.17, 15) is 13.2 Å². The Kier molecular flexibility index (Phi) is 3.24. The van der Waals surface area contributed by atoms with Gasteiger partial charge < -0.3 is 9.88 Å². The van der Waals surface area contributed by atoms with Crippen LogP contribution in [-0.4, -0.2) is 47.3 Å². The van der Waals surface area contributed by atoms with Crippen molar-refractivity contribution < 1.29 is 13.2 Å². The first-order valence-electron chi connectivity index (χ1n) is 7.25. The number of hydrogen-bond acceptors (Lipinski definition) is 5. The molecule has 0 atom stereocenters. The van der Waals surface area contributed by atoms with Gasteiger partial charge in [0, 0.05) is 12.7 Å². The Morgan fingerprint density at radius 3 is 2.92 bits per heavy atom. The first-order valence-corrected chi connectivity index (χ1v) is 8.86. The molecule has 0 saturated carbocycles. The lowest BCUT2D eigenvalue weighted by Gasteiger charge is -2.26. The van der Waals surface area contributed by atoms with E-state index in [2.05, 4.69) is 19.7 Å². The highest BCUT2D eigenvalue weighted by atomic mass is 32.2. The van der Waals surface area contributed by atoms with Crippen molar-refractivity contribution >= 4 is 38.7 Å². The van der Waals surface area contributed by atoms with Crippen molar-refractivity contribution in [2.45, 2.75) is 0 Å². The molecule has 0 saturated heterocycles. The van der Waals surface area contributed by atoms with E-state index in [0.717, 1.165) is 11.0 Å². The SMILES string of the molecule is O=C(Nc1nc2ccccc2[nH]1)C1=CN2CCS(=O)(=O)N=C2C=C1. The Morgan fingerprint density at radius 1 is 1.25 bits per heavy atom. The minimum atomic E-state index is -3.40. The summed E-state index contributed by atoms with van der Waals surface area (Å²) in [6.45, 7) is 0.271. The highest BCUT2D eigenvalue weighted by Gasteiger charge is 2.25. The number of nitrogens with zero attached hydrogens (tertiary/aromatic N) is 3. The number of aromatic nitrogens is 2. The van der Waals surface area contributed by atoms with Gasteiger partial charge in [-0.3, -0.25) is 10.1 Å². The zero-order valence-electron chi connectivity index (χ0n) is 12.4. The molecule has 24 heavy (non-hydrogen) atoms. The Labute approximate surface area is 137 Å². The molecule has 0 unspecified atom stereocenters. The summed E-state index contributed by atoms with van der Waals surface area (Å²) in [6, 6.07) is 7.46. The summed E-state index contributed by atoms with van der Waals surface area (Å²) in [7, 11) is -3.40. The van der Waals surface area contributed by atoms with Crippen LogP contribution in [0.3, 0.4) is 0 Å². The van der Waals surface area contributed by atoms with Gasteiger partial charge in [0.15, 0.2) is 0 Å². The third-order valence-corrected chi connectivity index (χ3v) is 4.87. The first kappa shape index (κ1) is 14.6. The number of H-pyrrole nitrogens is 1. The van der Waals surface area contributed by atoms with Crippen LogP contribution in [0, 0.1) is 0 Å². The molecule has 0 bridgehead atoms. The number of imidazole rings is 1. The molecule has 9 heteroatoms. The maximum atomic E-state index is 12.4. The van der Waals surface area contributed by atoms with E-state index in [1.165, 1.54) is 12.2 Å². The molecule has 1 aromatic heterocycles. The Morgan fingerprint density at radius 2 is 2.08 bits per heavy atom. The molecule has 2 aliphatic rings. The number of carbonyl (C=O) groups is 1. The summed E-state index contributed by atoms with van der Waals surface area (Å²) < 4.78 is 26.6. The molecule has 1 amide bonds. The Bertz CT molecular complexity index is 999. The van der Waals surface area contributed by atoms with E-state index in [4.69, 9.17) is 0 Å². The fraction of sp³-hybridized carbons (Fsp3) is 0.133. The van der Waals surface area contributed by atoms with Gasteiger partial charge in [-0.25, -0.2) is 13.4 Å². The summed E-state index contributed by atoms with van der Waals surface area (Å²) in [5.74, 6) is 0.273. The van der Waals surface area contributed by atoms with Gasteiger partial charge in [-0.05, 0) is 24.3 Å². The molecule has 0 spiro atoms. The van der Waals surface area contributed by atoms with Gasteiger partial charge in [0.25, 0.3) is 15.9 Å². The second-order valence-corrected chi connectivity index (χ2v) is 7.16. The number of amides is 1. The molecular formula is C15H13N5O3S. The number of hydrogen-bond donors (Lipinski definition) is 2. The number of fused-ring (bicyclic) bond motifs is 2. The van der Waals surface area contributed by atoms with Crippen LogP contribution in [0.1, 0.15) is 0 Å². The van der Waals surface area contributed by atoms with Gasteiger partial charge in [0.2, 0.25) is 5.95 Å². The highest BCUT2D eigenvalue weighted by Crippen LogP contribution is 2.18. The number of sulfonamides is 1. The zero-order chi connectivity index (χ0) is 16.7. The smallest absolute Gasteiger partial charge is 0.259 e. The second kappa shape index (κ2) is 5.31. The second-order valence-electron chi connectivity index (χ2n) is 5.40. The van der Waals surface area contributed by atoms with Crippen LogP contribution < -0.4 is 5.32 Å². The van der Waals surface area contributed by atoms with Crippen molar-refractivity contribution in [1.82, 2.24) is 14.9 Å². The number of anilines is 1. The lowest BCUT2D eigenvalue weighted by atomic mass is 10.2. The van der Waals surface area contributed by atoms with Crippen LogP contribution in [0.5, 0.6) is 0 Å². The molecule has 1 aromatic carbocycles. The third-order valence-electron chi connectivity index (χ3n) is 3.71. The van der Waals surface area contributed by atoms with E-state index in [0.29, 0.717) is 17.4 Å². The minimum absolute atomic E-state index is 0.0701. The number of amidine groups is 1. The van der Waals surface area contributed by atoms with Gasteiger partial charge in [0.05, 0.1) is 22.4 Å². The maximum absolute atomic E-state index is 12.4. The topological polar surface area (TPSA) is 108 Å². The van der Waals surface area contributed by atoms with Crippen molar-refractivity contribution in [3.05, 3.63) is 48.2 Å². The summed E-state index contributed by atoms with van der Waals surface area (Å²) in [4.78, 5) is 21.3. The van der Waals surface area contributed by atoms with Gasteiger partial charge in [0.1, 0.15) is 5.84 Å². The van der Waals surface area contributed by atoms with Crippen molar-refractivity contribution in [3.8, 4) is 0 Å². The zero-order valence-corrected chi connectivity index (χ0v) is 13.2. The molecule has 0 fully saturated rings. The molecule has 8 nitrogen and oxygen atoms in total. The van der Waals surface area contributed by atoms with E-state index < -0.39 is 10.0 Å². The molecule has 3 heterocycles. The lowest BCUT2D eigenvalue weighted by molar-refractivity contribution is -0.112. The number of para-hydroxylation sites is 2. The molecule has 2 aromatic rings. The van der Waals surface area contributed by atoms with Crippen molar-refractivity contribution in [1.29, 1.82) is 0 Å². The predicted molar refractivity (Wildman–Crippen MR) is 89.9 cm³/mol. The van der Waals surface area contributed by atoms with Gasteiger partial charge in [-0.2, -0.15) is 0 Å². The summed E-state index contributed by atoms with van der Waals surface area (Å²) in [6.07, 6.45) is 4.64. The fourth-order valence-corrected chi connectivity index (χ4v) is 3.50. The van der Waals surface area contributed by atoms with E-state index in [1.54, 1.807) is 11.1 Å². The minimum Gasteiger partial charge on any atom is -0.330 e. The third kappa shape index (κ3) is 2.69. The molecule has 0 radical (unpaired) electrons. The molecule has 0 aliphatic carbocycles. The van der Waals surface area contributed by atoms with E-state index in [-0.39, 0.29) is 18.2 Å². The van der Waals surface area contributed by atoms with Crippen LogP contribution in [0.4, 0.5) is 5.95 Å². The van der Waals surface area contributed by atoms with Crippen LogP contribution >= 0.6 is 0 Å². The average Bonchev–Trinajstić information content (AvgIpc) is 2.95. The number of aromatic amines is 1. The number of benzene rings is 1. The van der Waals surface area contributed by atoms with E-state index >= 15 is 0 Å². The van der Waals surface area contributed by atoms with Crippen molar-refractivity contribution in [2.24, 2.45) is 4.40 Å². The van der Waals surface area contributed by atoms with Crippen molar-refractivity contribution in [2.75, 3.05) is 17.6 Å². The fourth-order valence-electron chi connectivity index (χ4n) is 2.53. The molecule has 2 N–H and O–H groups in total. The monoisotopic (exact) mass is 343 g/mol. The Balaban J connectivity index is 1.55. The standard InChI is InChI=1S/C15H13N5O3S/c21-14(18-15-16-11-3-1-2-4-12(11)17-15)10-5-6-13-19-24(22,23)8-7-20(13)9-10/h1-6,9H,7-8H2,(H2,16,17,18,21). The summed E-state index contributed by atoms with van der Waals surface area (Å²) in [5.41, 5.74) is 1.99. The van der Waals surface area contributed by atoms with Gasteiger partial charge in [-0.1, -0.05) is 12.1 Å².